The summed E-state index contributed by atoms with van der Waals surface area (Å²) in [7, 11) is 0. The molecule has 0 radical (unpaired) electrons. The van der Waals surface area contributed by atoms with E-state index in [1.54, 1.807) is 37.5 Å². The molecule has 1 aromatic carbocycles. The molecule has 112 valence electrons. The quantitative estimate of drug-likeness (QED) is 0.790. The molecule has 1 atom stereocenters. The summed E-state index contributed by atoms with van der Waals surface area (Å²) in [6.45, 7) is 2.06. The van der Waals surface area contributed by atoms with Crippen molar-refractivity contribution in [2.75, 3.05) is 5.32 Å². The Hall–Kier alpha value is -1.17. The number of rotatable bonds is 5. The lowest BCUT2D eigenvalue weighted by Crippen LogP contribution is -2.37. The average Bonchev–Trinajstić information content (AvgIpc) is 2.93. The number of furan rings is 1. The zero-order valence-electron chi connectivity index (χ0n) is 11.1. The van der Waals surface area contributed by atoms with Crippen LogP contribution in [0.5, 0.6) is 0 Å². The highest BCUT2D eigenvalue weighted by atomic mass is 79.9. The first-order chi connectivity index (χ1) is 9.97. The van der Waals surface area contributed by atoms with Gasteiger partial charge in [0.25, 0.3) is 0 Å². The van der Waals surface area contributed by atoms with E-state index in [0.29, 0.717) is 28.0 Å². The van der Waals surface area contributed by atoms with Crippen molar-refractivity contribution in [1.82, 2.24) is 5.32 Å². The molecule has 0 aliphatic heterocycles. The van der Waals surface area contributed by atoms with Gasteiger partial charge < -0.3 is 15.1 Å². The minimum atomic E-state index is -0.490. The maximum atomic E-state index is 12.0. The van der Waals surface area contributed by atoms with E-state index in [-0.39, 0.29) is 5.91 Å². The van der Waals surface area contributed by atoms with E-state index in [4.69, 9.17) is 27.6 Å². The molecule has 0 fully saturated rings. The largest absolute Gasteiger partial charge is 0.467 e. The molecule has 0 spiro atoms. The van der Waals surface area contributed by atoms with Gasteiger partial charge in [-0.15, -0.1) is 0 Å². The lowest BCUT2D eigenvalue weighted by Gasteiger charge is -2.17. The maximum absolute atomic E-state index is 12.0. The van der Waals surface area contributed by atoms with Crippen LogP contribution in [0.15, 0.2) is 39.4 Å². The summed E-state index contributed by atoms with van der Waals surface area (Å²) in [6, 6.07) is 6.49. The summed E-state index contributed by atoms with van der Waals surface area (Å²) in [5, 5.41) is 6.66. The summed E-state index contributed by atoms with van der Waals surface area (Å²) >= 11 is 15.5. The number of carbonyl (C=O) groups is 1. The third-order valence-corrected chi connectivity index (χ3v) is 3.83. The number of halogens is 3. The van der Waals surface area contributed by atoms with Crippen LogP contribution in [0.3, 0.4) is 0 Å². The Kier molecular flexibility index (Phi) is 5.56. The minimum absolute atomic E-state index is 0.179. The van der Waals surface area contributed by atoms with E-state index in [9.17, 15) is 4.79 Å². The first kappa shape index (κ1) is 16.2. The number of hydrogen-bond acceptors (Lipinski definition) is 3. The van der Waals surface area contributed by atoms with Gasteiger partial charge in [0.1, 0.15) is 11.8 Å². The molecule has 0 saturated carbocycles. The molecule has 0 bridgehead atoms. The molecule has 1 unspecified atom stereocenters. The zero-order valence-corrected chi connectivity index (χ0v) is 14.2. The smallest absolute Gasteiger partial charge is 0.242 e. The van der Waals surface area contributed by atoms with Crippen molar-refractivity contribution >= 4 is 50.7 Å². The van der Waals surface area contributed by atoms with Crippen molar-refractivity contribution in [3.8, 4) is 0 Å². The van der Waals surface area contributed by atoms with E-state index in [0.717, 1.165) is 4.47 Å². The summed E-state index contributed by atoms with van der Waals surface area (Å²) in [5.41, 5.74) is 0.530. The molecule has 2 N–H and O–H groups in total. The number of nitrogens with one attached hydrogen (secondary N) is 2. The molecular weight excluding hydrogens is 379 g/mol. The van der Waals surface area contributed by atoms with Gasteiger partial charge in [-0.2, -0.15) is 0 Å². The average molecular weight is 392 g/mol. The summed E-state index contributed by atoms with van der Waals surface area (Å²) in [5.74, 6) is 0.511. The molecule has 1 aromatic heterocycles. The van der Waals surface area contributed by atoms with Crippen LogP contribution in [-0.4, -0.2) is 11.9 Å². The highest BCUT2D eigenvalue weighted by molar-refractivity contribution is 9.10. The molecule has 4 nitrogen and oxygen atoms in total. The highest BCUT2D eigenvalue weighted by Gasteiger charge is 2.16. The Bertz CT molecular complexity index is 609. The van der Waals surface area contributed by atoms with Crippen LogP contribution in [0.2, 0.25) is 10.0 Å². The van der Waals surface area contributed by atoms with Crippen molar-refractivity contribution in [3.63, 3.8) is 0 Å². The Morgan fingerprint density at radius 3 is 2.62 bits per heavy atom. The van der Waals surface area contributed by atoms with Gasteiger partial charge in [-0.1, -0.05) is 39.1 Å². The first-order valence-electron chi connectivity index (χ1n) is 6.18. The van der Waals surface area contributed by atoms with E-state index in [2.05, 4.69) is 26.6 Å². The van der Waals surface area contributed by atoms with E-state index in [1.165, 1.54) is 0 Å². The maximum Gasteiger partial charge on any atom is 0.242 e. The van der Waals surface area contributed by atoms with Crippen LogP contribution in [0.25, 0.3) is 0 Å². The summed E-state index contributed by atoms with van der Waals surface area (Å²) in [4.78, 5) is 12.0. The van der Waals surface area contributed by atoms with Crippen molar-refractivity contribution in [1.29, 1.82) is 0 Å². The molecule has 7 heteroatoms. The zero-order chi connectivity index (χ0) is 15.4. The van der Waals surface area contributed by atoms with Gasteiger partial charge in [0.05, 0.1) is 28.5 Å². The number of amides is 1. The fourth-order valence-electron chi connectivity index (χ4n) is 1.70. The lowest BCUT2D eigenvalue weighted by atomic mass is 10.2. The van der Waals surface area contributed by atoms with Gasteiger partial charge in [-0.3, -0.25) is 4.79 Å². The molecule has 21 heavy (non-hydrogen) atoms. The van der Waals surface area contributed by atoms with Crippen LogP contribution in [-0.2, 0) is 11.3 Å². The third-order valence-electron chi connectivity index (χ3n) is 2.78. The summed E-state index contributed by atoms with van der Waals surface area (Å²) < 4.78 is 5.93. The third kappa shape index (κ3) is 4.40. The molecule has 2 rings (SSSR count). The predicted molar refractivity (Wildman–Crippen MR) is 87.8 cm³/mol. The first-order valence-corrected chi connectivity index (χ1v) is 7.73. The van der Waals surface area contributed by atoms with Crippen molar-refractivity contribution < 1.29 is 9.21 Å². The van der Waals surface area contributed by atoms with Crippen LogP contribution in [0.1, 0.15) is 12.7 Å². The van der Waals surface area contributed by atoms with Gasteiger partial charge in [-0.05, 0) is 31.2 Å². The Morgan fingerprint density at radius 1 is 1.38 bits per heavy atom. The van der Waals surface area contributed by atoms with E-state index < -0.39 is 6.04 Å². The molecule has 0 aliphatic carbocycles. The van der Waals surface area contributed by atoms with E-state index >= 15 is 0 Å². The molecule has 1 heterocycles. The van der Waals surface area contributed by atoms with Gasteiger partial charge in [0.2, 0.25) is 5.91 Å². The topological polar surface area (TPSA) is 54.3 Å². The van der Waals surface area contributed by atoms with Crippen molar-refractivity contribution in [2.45, 2.75) is 19.5 Å². The Balaban J connectivity index is 1.97. The number of hydrogen-bond donors (Lipinski definition) is 2. The van der Waals surface area contributed by atoms with Crippen LogP contribution < -0.4 is 10.6 Å². The molecular formula is C14H13BrCl2N2O2. The second-order valence-electron chi connectivity index (χ2n) is 4.41. The minimum Gasteiger partial charge on any atom is -0.467 e. The van der Waals surface area contributed by atoms with Gasteiger partial charge >= 0.3 is 0 Å². The normalized spacial score (nSPS) is 12.0. The molecule has 0 saturated heterocycles. The summed E-state index contributed by atoms with van der Waals surface area (Å²) in [6.07, 6.45) is 1.56. The number of carbonyl (C=O) groups excluding carboxylic acids is 1. The van der Waals surface area contributed by atoms with Crippen LogP contribution in [0.4, 0.5) is 5.69 Å². The van der Waals surface area contributed by atoms with Crippen LogP contribution in [0, 0.1) is 0 Å². The standard InChI is InChI=1S/C14H13BrCl2N2O2/c1-8(14(20)18-7-10-3-2-4-21-10)19-13-11(16)5-9(15)6-12(13)17/h2-6,8,19H,7H2,1H3,(H,18,20). The SMILES string of the molecule is CC(Nc1c(Cl)cc(Br)cc1Cl)C(=O)NCc1ccco1. The Labute approximate surface area is 140 Å². The van der Waals surface area contributed by atoms with Gasteiger partial charge in [0, 0.05) is 4.47 Å². The highest BCUT2D eigenvalue weighted by Crippen LogP contribution is 2.34. The molecule has 0 aliphatic rings. The molecule has 2 aromatic rings. The second-order valence-corrected chi connectivity index (χ2v) is 6.14. The predicted octanol–water partition coefficient (Wildman–Crippen LogP) is 4.47. The lowest BCUT2D eigenvalue weighted by molar-refractivity contribution is -0.121. The Morgan fingerprint density at radius 2 is 2.05 bits per heavy atom. The molecule has 1 amide bonds. The number of anilines is 1. The fraction of sp³-hybridized carbons (Fsp3) is 0.214. The van der Waals surface area contributed by atoms with Gasteiger partial charge in [-0.25, -0.2) is 0 Å². The number of benzene rings is 1. The second kappa shape index (κ2) is 7.20. The monoisotopic (exact) mass is 390 g/mol. The van der Waals surface area contributed by atoms with Crippen molar-refractivity contribution in [3.05, 3.63) is 50.8 Å². The van der Waals surface area contributed by atoms with E-state index in [1.807, 2.05) is 0 Å². The van der Waals surface area contributed by atoms with Crippen LogP contribution >= 0.6 is 39.1 Å². The van der Waals surface area contributed by atoms with Gasteiger partial charge in [0.15, 0.2) is 0 Å². The van der Waals surface area contributed by atoms with Crippen molar-refractivity contribution in [2.24, 2.45) is 0 Å². The fourth-order valence-corrected chi connectivity index (χ4v) is 3.02.